The lowest BCUT2D eigenvalue weighted by Gasteiger charge is -2.37. The molecule has 32 heavy (non-hydrogen) atoms. The van der Waals surface area contributed by atoms with Crippen LogP contribution in [0.25, 0.3) is 0 Å². The van der Waals surface area contributed by atoms with Crippen LogP contribution in [0.2, 0.25) is 0 Å². The Morgan fingerprint density at radius 2 is 1.81 bits per heavy atom. The molecule has 10 heteroatoms. The number of urea groups is 1. The number of guanidine groups is 1. The summed E-state index contributed by atoms with van der Waals surface area (Å²) >= 11 is 0. The van der Waals surface area contributed by atoms with Gasteiger partial charge in [0.2, 0.25) is 0 Å². The number of nitrogens with zero attached hydrogens (tertiary/aromatic N) is 4. The van der Waals surface area contributed by atoms with Gasteiger partial charge in [0.05, 0.1) is 0 Å². The Labute approximate surface area is 206 Å². The second-order valence-electron chi connectivity index (χ2n) is 8.11. The molecule has 3 amide bonds. The molecule has 0 bridgehead atoms. The van der Waals surface area contributed by atoms with E-state index in [0.717, 1.165) is 44.4 Å². The average Bonchev–Trinajstić information content (AvgIpc) is 2.99. The lowest BCUT2D eigenvalue weighted by molar-refractivity contribution is -0.130. The maximum Gasteiger partial charge on any atom is 0.325 e. The number of piperazine rings is 1. The second kappa shape index (κ2) is 11.7. The van der Waals surface area contributed by atoms with Gasteiger partial charge >= 0.3 is 6.03 Å². The maximum atomic E-state index is 13.2. The van der Waals surface area contributed by atoms with Gasteiger partial charge in [-0.1, -0.05) is 6.92 Å². The summed E-state index contributed by atoms with van der Waals surface area (Å²) in [5.41, 5.74) is 0.232. The number of aliphatic imine (C=N–C) groups is 1. The number of halogens is 2. The molecule has 2 N–H and O–H groups in total. The SMILES string of the molecule is CCNC(=NCCCN1C(=O)NC(C)(CC)C1=O)N1CCN(c2ccc(F)cc2)CC1.I. The third-order valence-electron chi connectivity index (χ3n) is 5.96. The van der Waals surface area contributed by atoms with Crippen molar-refractivity contribution in [2.24, 2.45) is 4.99 Å². The molecule has 178 valence electrons. The topological polar surface area (TPSA) is 80.3 Å². The fourth-order valence-corrected chi connectivity index (χ4v) is 3.86. The van der Waals surface area contributed by atoms with Crippen LogP contribution in [0.1, 0.15) is 33.6 Å². The molecule has 2 heterocycles. The zero-order valence-electron chi connectivity index (χ0n) is 19.1. The highest BCUT2D eigenvalue weighted by Crippen LogP contribution is 2.21. The Kier molecular flexibility index (Phi) is 9.53. The summed E-state index contributed by atoms with van der Waals surface area (Å²) in [6.45, 7) is 10.6. The summed E-state index contributed by atoms with van der Waals surface area (Å²) < 4.78 is 13.2. The zero-order chi connectivity index (χ0) is 22.4. The first-order chi connectivity index (χ1) is 14.9. The number of carbonyl (C=O) groups is 2. The molecule has 2 fully saturated rings. The summed E-state index contributed by atoms with van der Waals surface area (Å²) in [6, 6.07) is 6.28. The summed E-state index contributed by atoms with van der Waals surface area (Å²) in [5, 5.41) is 6.11. The van der Waals surface area contributed by atoms with Crippen molar-refractivity contribution in [1.29, 1.82) is 0 Å². The van der Waals surface area contributed by atoms with Gasteiger partial charge < -0.3 is 20.4 Å². The van der Waals surface area contributed by atoms with Gasteiger partial charge in [0, 0.05) is 51.5 Å². The van der Waals surface area contributed by atoms with Crippen molar-refractivity contribution in [3.8, 4) is 0 Å². The predicted octanol–water partition coefficient (Wildman–Crippen LogP) is 2.64. The monoisotopic (exact) mass is 560 g/mol. The van der Waals surface area contributed by atoms with E-state index >= 15 is 0 Å². The fraction of sp³-hybridized carbons (Fsp3) is 0.591. The Bertz CT molecular complexity index is 813. The van der Waals surface area contributed by atoms with Gasteiger partial charge in [-0.05, 0) is 51.0 Å². The molecular weight excluding hydrogens is 526 g/mol. The van der Waals surface area contributed by atoms with Crippen molar-refractivity contribution in [1.82, 2.24) is 20.4 Å². The largest absolute Gasteiger partial charge is 0.368 e. The molecule has 0 saturated carbocycles. The van der Waals surface area contributed by atoms with Crippen LogP contribution in [-0.2, 0) is 4.79 Å². The number of hydrogen-bond donors (Lipinski definition) is 2. The molecule has 2 saturated heterocycles. The molecule has 3 rings (SSSR count). The zero-order valence-corrected chi connectivity index (χ0v) is 21.4. The number of rotatable bonds is 7. The van der Waals surface area contributed by atoms with Gasteiger partial charge in [-0.25, -0.2) is 9.18 Å². The van der Waals surface area contributed by atoms with Crippen molar-refractivity contribution in [3.05, 3.63) is 30.1 Å². The van der Waals surface area contributed by atoms with E-state index in [1.165, 1.54) is 17.0 Å². The molecule has 2 aliphatic rings. The first-order valence-electron chi connectivity index (χ1n) is 11.1. The van der Waals surface area contributed by atoms with E-state index in [9.17, 15) is 14.0 Å². The Balaban J connectivity index is 0.00000363. The molecular formula is C22H34FIN6O2. The molecule has 2 aliphatic heterocycles. The molecule has 1 aromatic rings. The number of carbonyl (C=O) groups excluding carboxylic acids is 2. The first kappa shape index (κ1) is 26.1. The fourth-order valence-electron chi connectivity index (χ4n) is 3.86. The van der Waals surface area contributed by atoms with E-state index in [-0.39, 0.29) is 41.7 Å². The van der Waals surface area contributed by atoms with Crippen molar-refractivity contribution in [3.63, 3.8) is 0 Å². The van der Waals surface area contributed by atoms with E-state index in [0.29, 0.717) is 25.9 Å². The summed E-state index contributed by atoms with van der Waals surface area (Å²) in [6.07, 6.45) is 1.18. The van der Waals surface area contributed by atoms with E-state index in [2.05, 4.69) is 20.4 Å². The van der Waals surface area contributed by atoms with Crippen molar-refractivity contribution >= 4 is 47.6 Å². The molecule has 0 radical (unpaired) electrons. The Morgan fingerprint density at radius 3 is 2.38 bits per heavy atom. The Morgan fingerprint density at radius 1 is 1.16 bits per heavy atom. The highest BCUT2D eigenvalue weighted by atomic mass is 127. The third-order valence-corrected chi connectivity index (χ3v) is 5.96. The highest BCUT2D eigenvalue weighted by Gasteiger charge is 2.45. The molecule has 0 aromatic heterocycles. The van der Waals surface area contributed by atoms with Crippen molar-refractivity contribution in [2.75, 3.05) is 50.7 Å². The van der Waals surface area contributed by atoms with E-state index < -0.39 is 5.54 Å². The van der Waals surface area contributed by atoms with Crippen LogP contribution in [0.4, 0.5) is 14.9 Å². The highest BCUT2D eigenvalue weighted by molar-refractivity contribution is 14.0. The number of benzene rings is 1. The minimum absolute atomic E-state index is 0. The van der Waals surface area contributed by atoms with Gasteiger partial charge in [-0.15, -0.1) is 24.0 Å². The smallest absolute Gasteiger partial charge is 0.325 e. The minimum Gasteiger partial charge on any atom is -0.368 e. The number of amides is 3. The van der Waals surface area contributed by atoms with E-state index in [1.807, 2.05) is 26.0 Å². The van der Waals surface area contributed by atoms with Gasteiger partial charge in [-0.3, -0.25) is 14.7 Å². The summed E-state index contributed by atoms with van der Waals surface area (Å²) in [4.78, 5) is 35.0. The number of hydrogen-bond acceptors (Lipinski definition) is 4. The molecule has 0 spiro atoms. The predicted molar refractivity (Wildman–Crippen MR) is 135 cm³/mol. The minimum atomic E-state index is -0.792. The lowest BCUT2D eigenvalue weighted by atomic mass is 9.99. The summed E-state index contributed by atoms with van der Waals surface area (Å²) in [7, 11) is 0. The van der Waals surface area contributed by atoms with Gasteiger partial charge in [0.15, 0.2) is 5.96 Å². The second-order valence-corrected chi connectivity index (χ2v) is 8.11. The standard InChI is InChI=1S/C22H33FN6O2.HI/c1-4-22(3)19(30)29(21(31)26-22)12-6-11-25-20(24-5-2)28-15-13-27(14-16-28)18-9-7-17(23)8-10-18;/h7-10H,4-6,11-16H2,1-3H3,(H,24,25)(H,26,31);1H. The normalized spacial score (nSPS) is 21.5. The molecule has 1 atom stereocenters. The van der Waals surface area contributed by atoms with E-state index in [1.54, 1.807) is 6.92 Å². The van der Waals surface area contributed by atoms with Gasteiger partial charge in [0.1, 0.15) is 11.4 Å². The van der Waals surface area contributed by atoms with Crippen LogP contribution in [0.5, 0.6) is 0 Å². The Hall–Kier alpha value is -2.11. The molecule has 8 nitrogen and oxygen atoms in total. The number of anilines is 1. The number of imide groups is 1. The van der Waals surface area contributed by atoms with Crippen molar-refractivity contribution in [2.45, 2.75) is 39.2 Å². The maximum absolute atomic E-state index is 13.2. The van der Waals surface area contributed by atoms with Gasteiger partial charge in [0.25, 0.3) is 5.91 Å². The molecule has 0 aliphatic carbocycles. The van der Waals surface area contributed by atoms with Crippen LogP contribution in [0.15, 0.2) is 29.3 Å². The third kappa shape index (κ3) is 6.02. The van der Waals surface area contributed by atoms with Gasteiger partial charge in [-0.2, -0.15) is 0 Å². The van der Waals surface area contributed by atoms with Crippen LogP contribution < -0.4 is 15.5 Å². The summed E-state index contributed by atoms with van der Waals surface area (Å²) in [5.74, 6) is 0.459. The van der Waals surface area contributed by atoms with Crippen LogP contribution in [-0.4, -0.2) is 79.0 Å². The molecule has 1 aromatic carbocycles. The van der Waals surface area contributed by atoms with Crippen LogP contribution in [0, 0.1) is 5.82 Å². The average molecular weight is 560 g/mol. The quantitative estimate of drug-likeness (QED) is 0.176. The van der Waals surface area contributed by atoms with E-state index in [4.69, 9.17) is 4.99 Å². The molecule has 1 unspecified atom stereocenters. The van der Waals surface area contributed by atoms with Crippen LogP contribution >= 0.6 is 24.0 Å². The lowest BCUT2D eigenvalue weighted by Crippen LogP contribution is -2.52. The van der Waals surface area contributed by atoms with Crippen molar-refractivity contribution < 1.29 is 14.0 Å². The van der Waals surface area contributed by atoms with Crippen LogP contribution in [0.3, 0.4) is 0 Å². The first-order valence-corrected chi connectivity index (χ1v) is 11.1. The number of nitrogens with one attached hydrogen (secondary N) is 2.